The molecule has 1 N–H and O–H groups in total. The van der Waals surface area contributed by atoms with Gasteiger partial charge in [-0.15, -0.1) is 0 Å². The molecule has 0 atom stereocenters. The fourth-order valence-electron chi connectivity index (χ4n) is 1.98. The normalized spacial score (nSPS) is 17.0. The van der Waals surface area contributed by atoms with Gasteiger partial charge in [0.2, 0.25) is 5.91 Å². The first-order valence-electron chi connectivity index (χ1n) is 7.21. The van der Waals surface area contributed by atoms with Gasteiger partial charge in [-0.2, -0.15) is 0 Å². The molecule has 1 fully saturated rings. The minimum absolute atomic E-state index is 0.0413. The molecule has 0 aromatic carbocycles. The highest BCUT2D eigenvalue weighted by Gasteiger charge is 2.28. The molecule has 1 saturated heterocycles. The molecule has 0 bridgehead atoms. The maximum Gasteiger partial charge on any atom is 0.410 e. The van der Waals surface area contributed by atoms with Gasteiger partial charge in [0.25, 0.3) is 0 Å². The Morgan fingerprint density at radius 1 is 0.909 bits per heavy atom. The lowest BCUT2D eigenvalue weighted by Crippen LogP contribution is -2.51. The van der Waals surface area contributed by atoms with E-state index in [1.165, 1.54) is 13.8 Å². The molecule has 0 radical (unpaired) electrons. The van der Waals surface area contributed by atoms with E-state index < -0.39 is 17.7 Å². The third-order valence-corrected chi connectivity index (χ3v) is 3.42. The van der Waals surface area contributed by atoms with Crippen LogP contribution in [-0.4, -0.2) is 64.7 Å². The number of piperazine rings is 1. The molecule has 0 aromatic heterocycles. The number of nitrogens with zero attached hydrogens (tertiary/aromatic N) is 2. The summed E-state index contributed by atoms with van der Waals surface area (Å²) in [4.78, 5) is 38.2. The van der Waals surface area contributed by atoms with Gasteiger partial charge in [0.1, 0.15) is 5.60 Å². The Balaban J connectivity index is 2.63. The van der Waals surface area contributed by atoms with Gasteiger partial charge in [-0.05, 0) is 34.6 Å². The van der Waals surface area contributed by atoms with E-state index in [-0.39, 0.29) is 17.1 Å². The highest BCUT2D eigenvalue weighted by atomic mass is 16.6. The summed E-state index contributed by atoms with van der Waals surface area (Å²) in [6.45, 7) is 9.79. The Morgan fingerprint density at radius 3 is 1.77 bits per heavy atom. The van der Waals surface area contributed by atoms with Crippen molar-refractivity contribution in [3.63, 3.8) is 0 Å². The van der Waals surface area contributed by atoms with Gasteiger partial charge in [-0.3, -0.25) is 4.79 Å². The third kappa shape index (κ3) is 4.75. The van der Waals surface area contributed by atoms with E-state index in [0.717, 1.165) is 0 Å². The van der Waals surface area contributed by atoms with Crippen molar-refractivity contribution in [3.05, 3.63) is 11.1 Å². The van der Waals surface area contributed by atoms with Crippen LogP contribution in [0.5, 0.6) is 0 Å². The van der Waals surface area contributed by atoms with Gasteiger partial charge >= 0.3 is 12.1 Å². The molecule has 0 unspecified atom stereocenters. The summed E-state index contributed by atoms with van der Waals surface area (Å²) in [6.07, 6.45) is -0.395. The highest BCUT2D eigenvalue weighted by Crippen LogP contribution is 2.14. The number of carbonyl (C=O) groups excluding carboxylic acids is 2. The molecular weight excluding hydrogens is 288 g/mol. The number of rotatable bonds is 2. The standard InChI is InChI=1S/C15H24N2O5/c1-10(11(2)13(19)20)12(18)16-6-8-17(9-7-16)14(21)22-15(3,4)5/h6-9H2,1-5H3,(H,19,20). The molecule has 22 heavy (non-hydrogen) atoms. The van der Waals surface area contributed by atoms with Crippen LogP contribution in [0.3, 0.4) is 0 Å². The SMILES string of the molecule is CC(C(=O)O)=C(C)C(=O)N1CCN(C(=O)OC(C)(C)C)CC1. The first-order chi connectivity index (χ1) is 10.0. The molecule has 0 aliphatic carbocycles. The van der Waals surface area contributed by atoms with Crippen LogP contribution in [0.25, 0.3) is 0 Å². The quantitative estimate of drug-likeness (QED) is 0.781. The van der Waals surface area contributed by atoms with Crippen molar-refractivity contribution in [1.29, 1.82) is 0 Å². The van der Waals surface area contributed by atoms with Gasteiger partial charge in [0.15, 0.2) is 0 Å². The number of carboxylic acid groups (broad SMARTS) is 1. The maximum atomic E-state index is 12.2. The summed E-state index contributed by atoms with van der Waals surface area (Å²) in [7, 11) is 0. The molecule has 1 rings (SSSR count). The molecule has 0 saturated carbocycles. The Hall–Kier alpha value is -2.05. The van der Waals surface area contributed by atoms with E-state index in [1.807, 2.05) is 0 Å². The first-order valence-corrected chi connectivity index (χ1v) is 7.21. The summed E-state index contributed by atoms with van der Waals surface area (Å²) in [6, 6.07) is 0. The molecule has 1 heterocycles. The minimum Gasteiger partial charge on any atom is -0.478 e. The van der Waals surface area contributed by atoms with Crippen molar-refractivity contribution in [2.75, 3.05) is 26.2 Å². The number of carboxylic acids is 1. The van der Waals surface area contributed by atoms with Crippen LogP contribution in [0.4, 0.5) is 4.79 Å². The van der Waals surface area contributed by atoms with Crippen molar-refractivity contribution >= 4 is 18.0 Å². The van der Waals surface area contributed by atoms with Gasteiger partial charge in [-0.25, -0.2) is 9.59 Å². The average molecular weight is 312 g/mol. The summed E-state index contributed by atoms with van der Waals surface area (Å²) in [5.41, 5.74) is -0.292. The fourth-order valence-corrected chi connectivity index (χ4v) is 1.98. The topological polar surface area (TPSA) is 87.2 Å². The van der Waals surface area contributed by atoms with Gasteiger partial charge in [-0.1, -0.05) is 0 Å². The second-order valence-electron chi connectivity index (χ2n) is 6.31. The monoisotopic (exact) mass is 312 g/mol. The van der Waals surface area contributed by atoms with Gasteiger partial charge in [0, 0.05) is 37.3 Å². The van der Waals surface area contributed by atoms with Crippen molar-refractivity contribution < 1.29 is 24.2 Å². The van der Waals surface area contributed by atoms with Crippen molar-refractivity contribution in [2.45, 2.75) is 40.2 Å². The zero-order valence-corrected chi connectivity index (χ0v) is 13.8. The minimum atomic E-state index is -1.10. The molecule has 7 heteroatoms. The van der Waals surface area contributed by atoms with E-state index in [4.69, 9.17) is 9.84 Å². The zero-order valence-electron chi connectivity index (χ0n) is 13.8. The van der Waals surface area contributed by atoms with E-state index in [9.17, 15) is 14.4 Å². The molecule has 1 aliphatic rings. The third-order valence-electron chi connectivity index (χ3n) is 3.42. The Morgan fingerprint density at radius 2 is 1.36 bits per heavy atom. The predicted molar refractivity (Wildman–Crippen MR) is 80.4 cm³/mol. The lowest BCUT2D eigenvalue weighted by Gasteiger charge is -2.35. The summed E-state index contributed by atoms with van der Waals surface area (Å²) < 4.78 is 5.29. The van der Waals surface area contributed by atoms with E-state index in [0.29, 0.717) is 26.2 Å². The van der Waals surface area contributed by atoms with Crippen LogP contribution in [-0.2, 0) is 14.3 Å². The summed E-state index contributed by atoms with van der Waals surface area (Å²) in [5, 5.41) is 8.92. The second kappa shape index (κ2) is 6.81. The van der Waals surface area contributed by atoms with Crippen molar-refractivity contribution in [1.82, 2.24) is 9.80 Å². The molecular formula is C15H24N2O5. The number of hydrogen-bond donors (Lipinski definition) is 1. The van der Waals surface area contributed by atoms with Crippen LogP contribution in [0, 0.1) is 0 Å². The van der Waals surface area contributed by atoms with E-state index >= 15 is 0 Å². The Kier molecular flexibility index (Phi) is 5.57. The van der Waals surface area contributed by atoms with Crippen LogP contribution in [0.2, 0.25) is 0 Å². The molecule has 2 amide bonds. The number of carbonyl (C=O) groups is 3. The smallest absolute Gasteiger partial charge is 0.410 e. The Labute approximate surface area is 130 Å². The van der Waals surface area contributed by atoms with Crippen LogP contribution in [0.1, 0.15) is 34.6 Å². The largest absolute Gasteiger partial charge is 0.478 e. The lowest BCUT2D eigenvalue weighted by atomic mass is 10.1. The Bertz CT molecular complexity index is 497. The molecule has 0 spiro atoms. The average Bonchev–Trinajstić information content (AvgIpc) is 2.43. The fraction of sp³-hybridized carbons (Fsp3) is 0.667. The molecule has 0 aromatic rings. The van der Waals surface area contributed by atoms with Crippen LogP contribution in [0.15, 0.2) is 11.1 Å². The van der Waals surface area contributed by atoms with E-state index in [2.05, 4.69) is 0 Å². The molecule has 7 nitrogen and oxygen atoms in total. The first kappa shape index (κ1) is 18.0. The maximum absolute atomic E-state index is 12.2. The lowest BCUT2D eigenvalue weighted by molar-refractivity contribution is -0.134. The van der Waals surface area contributed by atoms with Gasteiger partial charge in [0.05, 0.1) is 0 Å². The molecule has 124 valence electrons. The van der Waals surface area contributed by atoms with Crippen molar-refractivity contribution in [3.8, 4) is 0 Å². The number of aliphatic carboxylic acids is 1. The summed E-state index contributed by atoms with van der Waals surface area (Å²) in [5.74, 6) is -1.40. The van der Waals surface area contributed by atoms with Gasteiger partial charge < -0.3 is 19.6 Å². The highest BCUT2D eigenvalue weighted by molar-refractivity contribution is 6.01. The number of hydrogen-bond acceptors (Lipinski definition) is 4. The van der Waals surface area contributed by atoms with Crippen LogP contribution >= 0.6 is 0 Å². The molecule has 1 aliphatic heterocycles. The van der Waals surface area contributed by atoms with Crippen molar-refractivity contribution in [2.24, 2.45) is 0 Å². The number of ether oxygens (including phenoxy) is 1. The zero-order chi connectivity index (χ0) is 17.1. The second-order valence-corrected chi connectivity index (χ2v) is 6.31. The number of amides is 2. The van der Waals surface area contributed by atoms with E-state index in [1.54, 1.807) is 30.6 Å². The summed E-state index contributed by atoms with van der Waals surface area (Å²) >= 11 is 0. The van der Waals surface area contributed by atoms with Crippen LogP contribution < -0.4 is 0 Å². The predicted octanol–water partition coefficient (Wildman–Crippen LogP) is 1.49.